The first-order valence-electron chi connectivity index (χ1n) is 5.77. The van der Waals surface area contributed by atoms with E-state index in [2.05, 4.69) is 33.2 Å². The van der Waals surface area contributed by atoms with Gasteiger partial charge in [-0.2, -0.15) is 0 Å². The average molecular weight is 307 g/mol. The second-order valence-electron chi connectivity index (χ2n) is 4.17. The molecule has 0 radical (unpaired) electrons. The summed E-state index contributed by atoms with van der Waals surface area (Å²) >= 11 is 3.31. The van der Waals surface area contributed by atoms with Crippen LogP contribution in [-0.2, 0) is 6.54 Å². The Morgan fingerprint density at radius 2 is 2.00 bits per heavy atom. The Morgan fingerprint density at radius 1 is 1.28 bits per heavy atom. The molecule has 94 valence electrons. The van der Waals surface area contributed by atoms with Crippen LogP contribution in [0.4, 0.5) is 0 Å². The van der Waals surface area contributed by atoms with Crippen molar-refractivity contribution in [3.8, 4) is 5.75 Å². The SMILES string of the molecule is CC(NCc1ccc(O)c(Br)c1)c1ccncc1. The maximum atomic E-state index is 9.42. The first-order valence-corrected chi connectivity index (χ1v) is 6.57. The topological polar surface area (TPSA) is 45.1 Å². The zero-order valence-corrected chi connectivity index (χ0v) is 11.7. The summed E-state index contributed by atoms with van der Waals surface area (Å²) < 4.78 is 0.721. The maximum absolute atomic E-state index is 9.42. The first-order chi connectivity index (χ1) is 8.66. The Balaban J connectivity index is 1.97. The van der Waals surface area contributed by atoms with Crippen molar-refractivity contribution in [2.45, 2.75) is 19.5 Å². The van der Waals surface area contributed by atoms with Crippen LogP contribution in [-0.4, -0.2) is 10.1 Å². The van der Waals surface area contributed by atoms with Crippen LogP contribution < -0.4 is 5.32 Å². The number of benzene rings is 1. The molecule has 1 atom stereocenters. The predicted octanol–water partition coefficient (Wildman–Crippen LogP) is 3.40. The zero-order valence-electron chi connectivity index (χ0n) is 10.1. The van der Waals surface area contributed by atoms with Crippen LogP contribution in [0.15, 0.2) is 47.2 Å². The van der Waals surface area contributed by atoms with E-state index in [9.17, 15) is 5.11 Å². The summed E-state index contributed by atoms with van der Waals surface area (Å²) in [6, 6.07) is 9.79. The van der Waals surface area contributed by atoms with Crippen LogP contribution in [0, 0.1) is 0 Å². The molecule has 1 unspecified atom stereocenters. The highest BCUT2D eigenvalue weighted by Crippen LogP contribution is 2.24. The number of aromatic hydroxyl groups is 1. The highest BCUT2D eigenvalue weighted by molar-refractivity contribution is 9.10. The van der Waals surface area contributed by atoms with E-state index >= 15 is 0 Å². The summed E-state index contributed by atoms with van der Waals surface area (Å²) in [5.41, 5.74) is 2.34. The number of nitrogens with zero attached hydrogens (tertiary/aromatic N) is 1. The molecule has 2 N–H and O–H groups in total. The summed E-state index contributed by atoms with van der Waals surface area (Å²) in [4.78, 5) is 4.01. The quantitative estimate of drug-likeness (QED) is 0.910. The molecule has 0 spiro atoms. The van der Waals surface area contributed by atoms with Crippen LogP contribution in [0.3, 0.4) is 0 Å². The summed E-state index contributed by atoms with van der Waals surface area (Å²) in [6.45, 7) is 2.87. The highest BCUT2D eigenvalue weighted by Gasteiger charge is 2.05. The Labute approximate surface area is 115 Å². The Kier molecular flexibility index (Phi) is 4.33. The lowest BCUT2D eigenvalue weighted by molar-refractivity contribution is 0.471. The molecule has 0 amide bonds. The number of phenolic OH excluding ortho intramolecular Hbond substituents is 1. The van der Waals surface area contributed by atoms with Crippen molar-refractivity contribution in [2.24, 2.45) is 0 Å². The van der Waals surface area contributed by atoms with Gasteiger partial charge < -0.3 is 10.4 Å². The van der Waals surface area contributed by atoms with Gasteiger partial charge in [0.15, 0.2) is 0 Å². The molecule has 2 aromatic rings. The smallest absolute Gasteiger partial charge is 0.129 e. The molecule has 0 aliphatic heterocycles. The van der Waals surface area contributed by atoms with Gasteiger partial charge in [0, 0.05) is 25.0 Å². The van der Waals surface area contributed by atoms with E-state index in [1.165, 1.54) is 5.56 Å². The number of halogens is 1. The summed E-state index contributed by atoms with van der Waals surface area (Å²) in [5.74, 6) is 0.265. The van der Waals surface area contributed by atoms with Crippen LogP contribution in [0.25, 0.3) is 0 Å². The molecule has 0 aliphatic carbocycles. The number of pyridine rings is 1. The van der Waals surface area contributed by atoms with E-state index in [1.54, 1.807) is 18.5 Å². The van der Waals surface area contributed by atoms with Crippen LogP contribution >= 0.6 is 15.9 Å². The lowest BCUT2D eigenvalue weighted by Crippen LogP contribution is -2.18. The molecule has 1 heterocycles. The lowest BCUT2D eigenvalue weighted by atomic mass is 10.1. The van der Waals surface area contributed by atoms with E-state index in [4.69, 9.17) is 0 Å². The monoisotopic (exact) mass is 306 g/mol. The number of hydrogen-bond acceptors (Lipinski definition) is 3. The minimum atomic E-state index is 0.264. The van der Waals surface area contributed by atoms with Gasteiger partial charge in [-0.1, -0.05) is 6.07 Å². The molecule has 0 saturated heterocycles. The van der Waals surface area contributed by atoms with Gasteiger partial charge in [0.05, 0.1) is 4.47 Å². The highest BCUT2D eigenvalue weighted by atomic mass is 79.9. The van der Waals surface area contributed by atoms with E-state index in [0.29, 0.717) is 0 Å². The van der Waals surface area contributed by atoms with Crippen LogP contribution in [0.1, 0.15) is 24.1 Å². The largest absolute Gasteiger partial charge is 0.507 e. The fourth-order valence-corrected chi connectivity index (χ4v) is 2.13. The van der Waals surface area contributed by atoms with Crippen molar-refractivity contribution in [1.29, 1.82) is 0 Å². The standard InChI is InChI=1S/C14H15BrN2O/c1-10(12-4-6-16-7-5-12)17-9-11-2-3-14(18)13(15)8-11/h2-8,10,17-18H,9H2,1H3. The Morgan fingerprint density at radius 3 is 2.67 bits per heavy atom. The molecule has 0 fully saturated rings. The third-order valence-electron chi connectivity index (χ3n) is 2.83. The minimum absolute atomic E-state index is 0.264. The third kappa shape index (κ3) is 3.31. The summed E-state index contributed by atoms with van der Waals surface area (Å²) in [6.07, 6.45) is 3.59. The van der Waals surface area contributed by atoms with Gasteiger partial charge in [-0.3, -0.25) is 4.98 Å². The summed E-state index contributed by atoms with van der Waals surface area (Å²) in [5, 5.41) is 12.9. The summed E-state index contributed by atoms with van der Waals surface area (Å²) in [7, 11) is 0. The molecule has 0 bridgehead atoms. The lowest BCUT2D eigenvalue weighted by Gasteiger charge is -2.14. The van der Waals surface area contributed by atoms with Gasteiger partial charge in [0.1, 0.15) is 5.75 Å². The molecule has 1 aromatic carbocycles. The fraction of sp³-hybridized carbons (Fsp3) is 0.214. The maximum Gasteiger partial charge on any atom is 0.129 e. The van der Waals surface area contributed by atoms with Gasteiger partial charge in [-0.15, -0.1) is 0 Å². The van der Waals surface area contributed by atoms with Crippen molar-refractivity contribution < 1.29 is 5.11 Å². The van der Waals surface area contributed by atoms with Crippen LogP contribution in [0.2, 0.25) is 0 Å². The molecular weight excluding hydrogens is 292 g/mol. The number of phenols is 1. The molecule has 0 saturated carbocycles. The van der Waals surface area contributed by atoms with Crippen molar-refractivity contribution in [3.63, 3.8) is 0 Å². The van der Waals surface area contributed by atoms with Gasteiger partial charge in [0.2, 0.25) is 0 Å². The van der Waals surface area contributed by atoms with E-state index < -0.39 is 0 Å². The van der Waals surface area contributed by atoms with Crippen LogP contribution in [0.5, 0.6) is 5.75 Å². The number of aromatic nitrogens is 1. The van der Waals surface area contributed by atoms with Gasteiger partial charge in [-0.25, -0.2) is 0 Å². The van der Waals surface area contributed by atoms with Gasteiger partial charge in [0.25, 0.3) is 0 Å². The van der Waals surface area contributed by atoms with Crippen molar-refractivity contribution in [1.82, 2.24) is 10.3 Å². The van der Waals surface area contributed by atoms with E-state index in [1.807, 2.05) is 24.3 Å². The molecular formula is C14H15BrN2O. The predicted molar refractivity (Wildman–Crippen MR) is 75.3 cm³/mol. The third-order valence-corrected chi connectivity index (χ3v) is 3.47. The molecule has 4 heteroatoms. The van der Waals surface area contributed by atoms with Crippen molar-refractivity contribution in [2.75, 3.05) is 0 Å². The number of rotatable bonds is 4. The molecule has 0 aliphatic rings. The Bertz CT molecular complexity index is 516. The minimum Gasteiger partial charge on any atom is -0.507 e. The molecule has 3 nitrogen and oxygen atoms in total. The molecule has 1 aromatic heterocycles. The molecule has 18 heavy (non-hydrogen) atoms. The fourth-order valence-electron chi connectivity index (χ4n) is 1.70. The second-order valence-corrected chi connectivity index (χ2v) is 5.02. The van der Waals surface area contributed by atoms with Gasteiger partial charge in [-0.05, 0) is 58.2 Å². The number of hydrogen-bond donors (Lipinski definition) is 2. The zero-order chi connectivity index (χ0) is 13.0. The van der Waals surface area contributed by atoms with E-state index in [0.717, 1.165) is 16.6 Å². The molecule has 2 rings (SSSR count). The van der Waals surface area contributed by atoms with Crippen molar-refractivity contribution >= 4 is 15.9 Å². The first kappa shape index (κ1) is 13.1. The van der Waals surface area contributed by atoms with Crippen molar-refractivity contribution in [3.05, 3.63) is 58.3 Å². The number of nitrogens with one attached hydrogen (secondary N) is 1. The van der Waals surface area contributed by atoms with Gasteiger partial charge >= 0.3 is 0 Å². The average Bonchev–Trinajstić information content (AvgIpc) is 2.41. The van der Waals surface area contributed by atoms with E-state index in [-0.39, 0.29) is 11.8 Å². The second kappa shape index (κ2) is 5.98. The Hall–Kier alpha value is -1.39. The normalized spacial score (nSPS) is 12.3.